The Bertz CT molecular complexity index is 76.7. The molecule has 4 nitrogen and oxygen atoms in total. The Kier molecular flexibility index (Phi) is 15.8. The number of carbonyl (C=O) groups excluding carboxylic acids is 1. The van der Waals surface area contributed by atoms with Crippen LogP contribution in [0.4, 0.5) is 0 Å². The monoisotopic (exact) mass is 155 g/mol. The maximum absolute atomic E-state index is 9.67. The molecule has 0 aromatic carbocycles. The molecule has 0 aromatic rings. The molecule has 0 bridgehead atoms. The van der Waals surface area contributed by atoms with Crippen LogP contribution in [-0.2, 0) is 4.79 Å². The predicted molar refractivity (Wildman–Crippen MR) is 37.1 cm³/mol. The van der Waals surface area contributed by atoms with Gasteiger partial charge in [-0.3, -0.25) is 4.79 Å². The fourth-order valence-electron chi connectivity index (χ4n) is 0.447. The van der Waals surface area contributed by atoms with Crippen molar-refractivity contribution in [3.63, 3.8) is 0 Å². The van der Waals surface area contributed by atoms with E-state index in [1.165, 1.54) is 0 Å². The molecular formula is C5H14N3NaO. The van der Waals surface area contributed by atoms with Gasteiger partial charge in [-0.1, -0.05) is 0 Å². The molecule has 0 aliphatic carbocycles. The SMILES string of the molecule is NCCNCCNC=O.[H-].[Na+]. The van der Waals surface area contributed by atoms with E-state index in [2.05, 4.69) is 10.6 Å². The Morgan fingerprint density at radius 2 is 2.10 bits per heavy atom. The Labute approximate surface area is 84.7 Å². The minimum absolute atomic E-state index is 0. The van der Waals surface area contributed by atoms with E-state index in [0.717, 1.165) is 13.1 Å². The summed E-state index contributed by atoms with van der Waals surface area (Å²) in [5.41, 5.74) is 5.19. The molecule has 0 saturated heterocycles. The summed E-state index contributed by atoms with van der Waals surface area (Å²) in [5, 5.41) is 5.55. The number of carbonyl (C=O) groups is 1. The van der Waals surface area contributed by atoms with E-state index in [1.807, 2.05) is 0 Å². The molecule has 10 heavy (non-hydrogen) atoms. The van der Waals surface area contributed by atoms with Gasteiger partial charge in [-0.05, 0) is 0 Å². The largest absolute Gasteiger partial charge is 1.00 e. The summed E-state index contributed by atoms with van der Waals surface area (Å²) in [6, 6.07) is 0. The van der Waals surface area contributed by atoms with Crippen LogP contribution in [0.25, 0.3) is 0 Å². The molecule has 0 spiro atoms. The maximum atomic E-state index is 9.67. The van der Waals surface area contributed by atoms with Gasteiger partial charge in [-0.15, -0.1) is 0 Å². The molecule has 0 fully saturated rings. The van der Waals surface area contributed by atoms with E-state index in [4.69, 9.17) is 5.73 Å². The van der Waals surface area contributed by atoms with Crippen molar-refractivity contribution in [2.75, 3.05) is 26.2 Å². The van der Waals surface area contributed by atoms with E-state index >= 15 is 0 Å². The molecule has 4 N–H and O–H groups in total. The smallest absolute Gasteiger partial charge is 1.00 e. The van der Waals surface area contributed by atoms with Gasteiger partial charge in [0.05, 0.1) is 0 Å². The van der Waals surface area contributed by atoms with Gasteiger partial charge in [0.15, 0.2) is 0 Å². The third kappa shape index (κ3) is 11.2. The van der Waals surface area contributed by atoms with Crippen molar-refractivity contribution in [2.24, 2.45) is 5.73 Å². The standard InChI is InChI=1S/C5H13N3O.Na.H/c6-1-2-7-3-4-8-5-9;;/h5,7H,1-4,6H2,(H,8,9);;/q;+1;-1. The first-order valence-electron chi connectivity index (χ1n) is 2.99. The van der Waals surface area contributed by atoms with Gasteiger partial charge in [0.1, 0.15) is 0 Å². The molecule has 0 saturated carbocycles. The van der Waals surface area contributed by atoms with Crippen molar-refractivity contribution >= 4 is 6.41 Å². The number of rotatable bonds is 6. The van der Waals surface area contributed by atoms with Crippen LogP contribution in [0, 0.1) is 0 Å². The van der Waals surface area contributed by atoms with Gasteiger partial charge in [0.25, 0.3) is 0 Å². The summed E-state index contributed by atoms with van der Waals surface area (Å²) in [7, 11) is 0. The Hall–Kier alpha value is 0.390. The van der Waals surface area contributed by atoms with E-state index < -0.39 is 0 Å². The number of nitrogens with two attached hydrogens (primary N) is 1. The number of nitrogens with one attached hydrogen (secondary N) is 2. The quantitative estimate of drug-likeness (QED) is 0.205. The van der Waals surface area contributed by atoms with Crippen LogP contribution in [0.5, 0.6) is 0 Å². The van der Waals surface area contributed by atoms with E-state index in [1.54, 1.807) is 0 Å². The first-order chi connectivity index (χ1) is 4.41. The summed E-state index contributed by atoms with van der Waals surface area (Å²) in [4.78, 5) is 9.67. The van der Waals surface area contributed by atoms with E-state index in [0.29, 0.717) is 19.5 Å². The molecule has 0 heterocycles. The van der Waals surface area contributed by atoms with Gasteiger partial charge in [0, 0.05) is 26.2 Å². The first-order valence-corrected chi connectivity index (χ1v) is 2.99. The number of hydrogen-bond acceptors (Lipinski definition) is 3. The van der Waals surface area contributed by atoms with Gasteiger partial charge in [-0.25, -0.2) is 0 Å². The zero-order chi connectivity index (χ0) is 6.95. The maximum Gasteiger partial charge on any atom is 1.00 e. The summed E-state index contributed by atoms with van der Waals surface area (Å²) in [6.45, 7) is 2.90. The van der Waals surface area contributed by atoms with Crippen molar-refractivity contribution in [1.82, 2.24) is 10.6 Å². The summed E-state index contributed by atoms with van der Waals surface area (Å²) in [6.07, 6.45) is 0.685. The topological polar surface area (TPSA) is 67.2 Å². The molecule has 0 atom stereocenters. The zero-order valence-corrected chi connectivity index (χ0v) is 8.39. The van der Waals surface area contributed by atoms with Gasteiger partial charge < -0.3 is 17.8 Å². The second-order valence-corrected chi connectivity index (χ2v) is 1.61. The zero-order valence-electron chi connectivity index (χ0n) is 7.39. The predicted octanol–water partition coefficient (Wildman–Crippen LogP) is -4.60. The third-order valence-corrected chi connectivity index (χ3v) is 0.851. The van der Waals surface area contributed by atoms with Crippen molar-refractivity contribution in [3.8, 4) is 0 Å². The molecule has 0 aromatic heterocycles. The average molecular weight is 155 g/mol. The fourth-order valence-corrected chi connectivity index (χ4v) is 0.447. The van der Waals surface area contributed by atoms with Crippen LogP contribution in [0.1, 0.15) is 1.43 Å². The first kappa shape index (κ1) is 13.0. The minimum Gasteiger partial charge on any atom is -1.00 e. The molecule has 0 radical (unpaired) electrons. The van der Waals surface area contributed by atoms with Crippen molar-refractivity contribution in [2.45, 2.75) is 0 Å². The van der Waals surface area contributed by atoms with E-state index in [-0.39, 0.29) is 31.0 Å². The van der Waals surface area contributed by atoms with E-state index in [9.17, 15) is 4.79 Å². The van der Waals surface area contributed by atoms with Crippen molar-refractivity contribution in [3.05, 3.63) is 0 Å². The third-order valence-electron chi connectivity index (χ3n) is 0.851. The Balaban J connectivity index is -0.000000320. The fraction of sp³-hybridized carbons (Fsp3) is 0.800. The van der Waals surface area contributed by atoms with Crippen LogP contribution < -0.4 is 45.9 Å². The van der Waals surface area contributed by atoms with Crippen molar-refractivity contribution < 1.29 is 35.8 Å². The second kappa shape index (κ2) is 12.1. The molecule has 1 amide bonds. The minimum atomic E-state index is 0. The number of hydrogen-bond donors (Lipinski definition) is 3. The molecule has 5 heteroatoms. The molecule has 0 aliphatic heterocycles. The van der Waals surface area contributed by atoms with Gasteiger partial charge in [-0.2, -0.15) is 0 Å². The van der Waals surface area contributed by atoms with Crippen LogP contribution in [-0.4, -0.2) is 32.6 Å². The van der Waals surface area contributed by atoms with Crippen molar-refractivity contribution in [1.29, 1.82) is 0 Å². The van der Waals surface area contributed by atoms with Gasteiger partial charge >= 0.3 is 29.6 Å². The second-order valence-electron chi connectivity index (χ2n) is 1.61. The molecular weight excluding hydrogens is 141 g/mol. The molecule has 0 aliphatic rings. The van der Waals surface area contributed by atoms with Gasteiger partial charge in [0.2, 0.25) is 6.41 Å². The van der Waals surface area contributed by atoms with Crippen LogP contribution in [0.3, 0.4) is 0 Å². The molecule has 56 valence electrons. The van der Waals surface area contributed by atoms with Crippen LogP contribution in [0.15, 0.2) is 0 Å². The Morgan fingerprint density at radius 3 is 2.60 bits per heavy atom. The summed E-state index contributed by atoms with van der Waals surface area (Å²) < 4.78 is 0. The normalized spacial score (nSPS) is 8.10. The average Bonchev–Trinajstić information content (AvgIpc) is 1.89. The summed E-state index contributed by atoms with van der Waals surface area (Å²) >= 11 is 0. The molecule has 0 rings (SSSR count). The number of amides is 1. The van der Waals surface area contributed by atoms with Crippen LogP contribution in [0.2, 0.25) is 0 Å². The molecule has 0 unspecified atom stereocenters. The summed E-state index contributed by atoms with van der Waals surface area (Å²) in [5.74, 6) is 0. The Morgan fingerprint density at radius 1 is 1.40 bits per heavy atom. The van der Waals surface area contributed by atoms with Crippen LogP contribution >= 0.6 is 0 Å².